The number of hydrogen-bond acceptors (Lipinski definition) is 7. The van der Waals surface area contributed by atoms with E-state index < -0.39 is 0 Å². The van der Waals surface area contributed by atoms with Gasteiger partial charge in [-0.05, 0) is 56.1 Å². The van der Waals surface area contributed by atoms with E-state index in [9.17, 15) is 0 Å². The van der Waals surface area contributed by atoms with E-state index in [1.807, 2.05) is 12.3 Å². The number of amidine groups is 1. The summed E-state index contributed by atoms with van der Waals surface area (Å²) >= 11 is 6.72. The quantitative estimate of drug-likeness (QED) is 0.547. The highest BCUT2D eigenvalue weighted by Crippen LogP contribution is 2.30. The summed E-state index contributed by atoms with van der Waals surface area (Å²) in [5.74, 6) is 7.96. The molecule has 5 rings (SSSR count). The fourth-order valence-electron chi connectivity index (χ4n) is 5.86. The number of anilines is 1. The Morgan fingerprint density at radius 3 is 2.63 bits per heavy atom. The highest BCUT2D eigenvalue weighted by atomic mass is 35.5. The van der Waals surface area contributed by atoms with Crippen molar-refractivity contribution in [2.45, 2.75) is 44.8 Å². The van der Waals surface area contributed by atoms with Crippen LogP contribution in [-0.2, 0) is 11.3 Å². The van der Waals surface area contributed by atoms with Crippen LogP contribution in [0.4, 0.5) is 5.82 Å². The van der Waals surface area contributed by atoms with Crippen LogP contribution in [0.25, 0.3) is 0 Å². The van der Waals surface area contributed by atoms with E-state index in [0.717, 1.165) is 81.6 Å². The molecule has 202 valence electrons. The van der Waals surface area contributed by atoms with Crippen molar-refractivity contribution in [2.24, 2.45) is 4.99 Å². The van der Waals surface area contributed by atoms with Crippen molar-refractivity contribution < 1.29 is 4.74 Å². The van der Waals surface area contributed by atoms with Gasteiger partial charge in [-0.25, -0.2) is 4.98 Å². The van der Waals surface area contributed by atoms with Crippen LogP contribution in [0.2, 0.25) is 5.02 Å². The molecule has 0 saturated carbocycles. The number of methoxy groups -OCH3 is 1. The maximum Gasteiger partial charge on any atom is 0.147 e. The molecule has 0 aliphatic carbocycles. The van der Waals surface area contributed by atoms with Gasteiger partial charge in [-0.15, -0.1) is 0 Å². The number of rotatable bonds is 7. The second kappa shape index (κ2) is 12.9. The van der Waals surface area contributed by atoms with Crippen molar-refractivity contribution in [3.05, 3.63) is 58.2 Å². The van der Waals surface area contributed by atoms with Gasteiger partial charge < -0.3 is 15.0 Å². The minimum absolute atomic E-state index is 0.469. The molecule has 2 saturated heterocycles. The summed E-state index contributed by atoms with van der Waals surface area (Å²) in [6.45, 7) is 10.8. The third-order valence-electron chi connectivity index (χ3n) is 7.90. The molecule has 2 aromatic rings. The number of aromatic nitrogens is 1. The summed E-state index contributed by atoms with van der Waals surface area (Å²) in [5, 5.41) is 4.02. The van der Waals surface area contributed by atoms with Gasteiger partial charge >= 0.3 is 0 Å². The zero-order chi connectivity index (χ0) is 26.3. The summed E-state index contributed by atoms with van der Waals surface area (Å²) in [7, 11) is 1.67. The Hall–Kier alpha value is -2.63. The van der Waals surface area contributed by atoms with E-state index in [4.69, 9.17) is 21.3 Å². The molecule has 3 aliphatic heterocycles. The predicted molar refractivity (Wildman–Crippen MR) is 155 cm³/mol. The first kappa shape index (κ1) is 27.0. The van der Waals surface area contributed by atoms with E-state index in [1.54, 1.807) is 7.11 Å². The van der Waals surface area contributed by atoms with Crippen LogP contribution < -0.4 is 10.2 Å². The van der Waals surface area contributed by atoms with E-state index in [0.29, 0.717) is 23.7 Å². The molecule has 0 unspecified atom stereocenters. The van der Waals surface area contributed by atoms with Crippen LogP contribution in [0.15, 0.2) is 41.5 Å². The Morgan fingerprint density at radius 1 is 1.13 bits per heavy atom. The van der Waals surface area contributed by atoms with Crippen LogP contribution >= 0.6 is 11.6 Å². The first-order chi connectivity index (χ1) is 18.6. The van der Waals surface area contributed by atoms with Crippen LogP contribution in [0.1, 0.15) is 42.9 Å². The van der Waals surface area contributed by atoms with Crippen molar-refractivity contribution in [2.75, 3.05) is 64.4 Å². The molecule has 7 nitrogen and oxygen atoms in total. The highest BCUT2D eigenvalue weighted by Gasteiger charge is 2.34. The standard InChI is InChI=1S/C30H39ClN6O/c1-3-26-22-36(30-28(31)19-25(20-34-30)29-32-12-13-33-29)16-17-37(26)27-10-14-35(15-11-27)21-24-8-6-23(7-9-24)5-4-18-38-2/h6-9,19-20,26-27H,3,10-18,21-22H2,1-2H3,(H,32,33)/t26-/m0/s1. The third-order valence-corrected chi connectivity index (χ3v) is 8.18. The SMILES string of the molecule is CC[C@H]1CN(c2ncc(C3=NCCN3)cc2Cl)CCN1C1CCN(Cc2ccc(C#CCOC)cc2)CC1. The zero-order valence-electron chi connectivity index (χ0n) is 22.6. The van der Waals surface area contributed by atoms with Gasteiger partial charge in [0.25, 0.3) is 0 Å². The Morgan fingerprint density at radius 2 is 1.95 bits per heavy atom. The van der Waals surface area contributed by atoms with Crippen LogP contribution in [0.5, 0.6) is 0 Å². The first-order valence-corrected chi connectivity index (χ1v) is 14.3. The molecule has 0 bridgehead atoms. The molecule has 3 aliphatic rings. The zero-order valence-corrected chi connectivity index (χ0v) is 23.4. The number of ether oxygens (including phenoxy) is 1. The number of nitrogens with zero attached hydrogens (tertiary/aromatic N) is 5. The summed E-state index contributed by atoms with van der Waals surface area (Å²) in [6, 6.07) is 11.8. The van der Waals surface area contributed by atoms with Crippen LogP contribution in [0.3, 0.4) is 0 Å². The van der Waals surface area contributed by atoms with Gasteiger partial charge in [0, 0.05) is 69.2 Å². The molecule has 38 heavy (non-hydrogen) atoms. The number of piperazine rings is 1. The van der Waals surface area contributed by atoms with E-state index in [2.05, 4.69) is 68.0 Å². The number of hydrogen-bond donors (Lipinski definition) is 1. The molecular weight excluding hydrogens is 496 g/mol. The fourth-order valence-corrected chi connectivity index (χ4v) is 6.15. The van der Waals surface area contributed by atoms with Crippen molar-refractivity contribution in [1.29, 1.82) is 0 Å². The van der Waals surface area contributed by atoms with Gasteiger partial charge in [-0.3, -0.25) is 14.8 Å². The highest BCUT2D eigenvalue weighted by molar-refractivity contribution is 6.33. The molecule has 1 aromatic carbocycles. The summed E-state index contributed by atoms with van der Waals surface area (Å²) in [5.41, 5.74) is 3.37. The summed E-state index contributed by atoms with van der Waals surface area (Å²) in [6.07, 6.45) is 5.48. The lowest BCUT2D eigenvalue weighted by molar-refractivity contribution is 0.0610. The molecule has 4 heterocycles. The molecule has 0 spiro atoms. The number of halogens is 1. The Labute approximate surface area is 232 Å². The Bertz CT molecular complexity index is 1170. The number of benzene rings is 1. The lowest BCUT2D eigenvalue weighted by atomic mass is 9.97. The monoisotopic (exact) mass is 534 g/mol. The number of piperidine rings is 1. The third kappa shape index (κ3) is 6.50. The molecular formula is C30H39ClN6O. The molecule has 0 amide bonds. The molecule has 0 radical (unpaired) electrons. The van der Waals surface area contributed by atoms with Crippen LogP contribution in [-0.4, -0.2) is 92.2 Å². The largest absolute Gasteiger partial charge is 0.372 e. The first-order valence-electron chi connectivity index (χ1n) is 13.9. The minimum Gasteiger partial charge on any atom is -0.372 e. The minimum atomic E-state index is 0.469. The van der Waals surface area contributed by atoms with Gasteiger partial charge in [-0.1, -0.05) is 42.5 Å². The number of aliphatic imine (C=N–C) groups is 1. The van der Waals surface area contributed by atoms with Crippen molar-refractivity contribution in [3.63, 3.8) is 0 Å². The molecule has 8 heteroatoms. The second-order valence-corrected chi connectivity index (χ2v) is 10.8. The summed E-state index contributed by atoms with van der Waals surface area (Å²) < 4.78 is 5.00. The average molecular weight is 535 g/mol. The number of nitrogens with one attached hydrogen (secondary N) is 1. The smallest absolute Gasteiger partial charge is 0.147 e. The maximum atomic E-state index is 6.72. The van der Waals surface area contributed by atoms with Gasteiger partial charge in [0.2, 0.25) is 0 Å². The Kier molecular flexibility index (Phi) is 9.18. The maximum absolute atomic E-state index is 6.72. The molecule has 1 atom stereocenters. The topological polar surface area (TPSA) is 56.2 Å². The lowest BCUT2D eigenvalue weighted by Gasteiger charge is -2.47. The fraction of sp³-hybridized carbons (Fsp3) is 0.533. The number of likely N-dealkylation sites (tertiary alicyclic amines) is 1. The van der Waals surface area contributed by atoms with E-state index in [-0.39, 0.29) is 0 Å². The van der Waals surface area contributed by atoms with Gasteiger partial charge in [0.1, 0.15) is 18.3 Å². The molecule has 1 N–H and O–H groups in total. The lowest BCUT2D eigenvalue weighted by Crippen LogP contribution is -2.58. The van der Waals surface area contributed by atoms with Gasteiger partial charge in [-0.2, -0.15) is 0 Å². The van der Waals surface area contributed by atoms with Crippen molar-refractivity contribution in [1.82, 2.24) is 20.1 Å². The molecule has 2 fully saturated rings. The second-order valence-electron chi connectivity index (χ2n) is 10.4. The number of pyridine rings is 1. The normalized spacial score (nSPS) is 21.1. The Balaban J connectivity index is 1.13. The van der Waals surface area contributed by atoms with Crippen molar-refractivity contribution in [3.8, 4) is 11.8 Å². The van der Waals surface area contributed by atoms with E-state index >= 15 is 0 Å². The predicted octanol–water partition coefficient (Wildman–Crippen LogP) is 3.65. The van der Waals surface area contributed by atoms with E-state index in [1.165, 1.54) is 18.4 Å². The average Bonchev–Trinajstić information content (AvgIpc) is 3.50. The van der Waals surface area contributed by atoms with Gasteiger partial charge in [0.15, 0.2) is 0 Å². The van der Waals surface area contributed by atoms with Gasteiger partial charge in [0.05, 0.1) is 11.6 Å². The van der Waals surface area contributed by atoms with Crippen molar-refractivity contribution >= 4 is 23.3 Å². The summed E-state index contributed by atoms with van der Waals surface area (Å²) in [4.78, 5) is 17.0. The van der Waals surface area contributed by atoms with Crippen LogP contribution in [0, 0.1) is 11.8 Å². The molecule has 1 aromatic heterocycles.